The van der Waals surface area contributed by atoms with Crippen molar-refractivity contribution >= 4 is 0 Å². The predicted molar refractivity (Wildman–Crippen MR) is 72.3 cm³/mol. The van der Waals surface area contributed by atoms with Crippen LogP contribution >= 0.6 is 0 Å². The Morgan fingerprint density at radius 1 is 1.44 bits per heavy atom. The number of aryl methyl sites for hydroxylation is 1. The molecule has 2 N–H and O–H groups in total. The number of hydrogen-bond acceptors (Lipinski definition) is 3. The second-order valence-corrected chi connectivity index (χ2v) is 5.29. The first-order chi connectivity index (χ1) is 8.73. The number of ether oxygens (including phenoxy) is 1. The molecule has 1 aromatic heterocycles. The van der Waals surface area contributed by atoms with Crippen LogP contribution in [-0.4, -0.2) is 22.5 Å². The highest BCUT2D eigenvalue weighted by molar-refractivity contribution is 5.13. The lowest BCUT2D eigenvalue weighted by molar-refractivity contribution is -0.0613. The molecule has 0 aromatic carbocycles. The van der Waals surface area contributed by atoms with Gasteiger partial charge in [-0.15, -0.1) is 0 Å². The van der Waals surface area contributed by atoms with Crippen molar-refractivity contribution in [1.82, 2.24) is 9.78 Å². The first kappa shape index (κ1) is 13.6. The van der Waals surface area contributed by atoms with Crippen molar-refractivity contribution in [2.75, 3.05) is 7.11 Å². The Morgan fingerprint density at radius 3 is 2.78 bits per heavy atom. The zero-order chi connectivity index (χ0) is 13.0. The molecule has 1 aliphatic rings. The summed E-state index contributed by atoms with van der Waals surface area (Å²) >= 11 is 0. The Balaban J connectivity index is 2.22. The second-order valence-electron chi connectivity index (χ2n) is 5.29. The molecule has 18 heavy (non-hydrogen) atoms. The number of hydrogen-bond donors (Lipinski definition) is 1. The van der Waals surface area contributed by atoms with Crippen molar-refractivity contribution < 1.29 is 4.74 Å². The first-order valence-electron chi connectivity index (χ1n) is 7.06. The highest BCUT2D eigenvalue weighted by Gasteiger charge is 2.40. The largest absolute Gasteiger partial charge is 0.376 e. The zero-order valence-corrected chi connectivity index (χ0v) is 11.6. The zero-order valence-electron chi connectivity index (χ0n) is 11.6. The van der Waals surface area contributed by atoms with Crippen molar-refractivity contribution in [3.63, 3.8) is 0 Å². The lowest BCUT2D eigenvalue weighted by atomic mass is 9.78. The molecule has 1 fully saturated rings. The monoisotopic (exact) mass is 251 g/mol. The van der Waals surface area contributed by atoms with Gasteiger partial charge in [-0.3, -0.25) is 4.68 Å². The predicted octanol–water partition coefficient (Wildman–Crippen LogP) is 2.64. The van der Waals surface area contributed by atoms with Crippen LogP contribution in [0.15, 0.2) is 12.3 Å². The molecular weight excluding hydrogens is 226 g/mol. The summed E-state index contributed by atoms with van der Waals surface area (Å²) in [6.07, 6.45) is 8.75. The summed E-state index contributed by atoms with van der Waals surface area (Å²) in [5, 5.41) is 4.37. The summed E-state index contributed by atoms with van der Waals surface area (Å²) in [6, 6.07) is 1.97. The highest BCUT2D eigenvalue weighted by atomic mass is 16.5. The van der Waals surface area contributed by atoms with Crippen LogP contribution in [-0.2, 0) is 11.3 Å². The van der Waals surface area contributed by atoms with Gasteiger partial charge in [-0.05, 0) is 25.3 Å². The lowest BCUT2D eigenvalue weighted by Crippen LogP contribution is -2.45. The van der Waals surface area contributed by atoms with Gasteiger partial charge >= 0.3 is 0 Å². The van der Waals surface area contributed by atoms with Crippen LogP contribution in [0.1, 0.15) is 57.2 Å². The number of rotatable bonds is 5. The molecule has 0 amide bonds. The van der Waals surface area contributed by atoms with Gasteiger partial charge in [0.15, 0.2) is 0 Å². The summed E-state index contributed by atoms with van der Waals surface area (Å²) in [5.74, 6) is 0. The fourth-order valence-corrected chi connectivity index (χ4v) is 3.07. The Labute approximate surface area is 110 Å². The van der Waals surface area contributed by atoms with Gasteiger partial charge in [0.25, 0.3) is 0 Å². The normalized spacial score (nSPS) is 20.8. The van der Waals surface area contributed by atoms with Gasteiger partial charge in [-0.2, -0.15) is 5.10 Å². The molecule has 0 bridgehead atoms. The molecule has 4 nitrogen and oxygen atoms in total. The summed E-state index contributed by atoms with van der Waals surface area (Å²) < 4.78 is 7.86. The van der Waals surface area contributed by atoms with Crippen molar-refractivity contribution in [2.45, 2.75) is 63.6 Å². The van der Waals surface area contributed by atoms with Crippen molar-refractivity contribution in [2.24, 2.45) is 5.73 Å². The number of nitrogens with zero attached hydrogens (tertiary/aromatic N) is 2. The quantitative estimate of drug-likeness (QED) is 0.875. The Bertz CT molecular complexity index is 369. The van der Waals surface area contributed by atoms with E-state index in [9.17, 15) is 0 Å². The van der Waals surface area contributed by atoms with Crippen LogP contribution < -0.4 is 5.73 Å². The average Bonchev–Trinajstić information content (AvgIpc) is 2.87. The van der Waals surface area contributed by atoms with Crippen molar-refractivity contribution in [3.8, 4) is 0 Å². The Morgan fingerprint density at radius 2 is 2.17 bits per heavy atom. The molecule has 0 radical (unpaired) electrons. The minimum absolute atomic E-state index is 0.0724. The summed E-state index contributed by atoms with van der Waals surface area (Å²) in [6.45, 7) is 3.08. The Hall–Kier alpha value is -0.870. The van der Waals surface area contributed by atoms with Crippen molar-refractivity contribution in [3.05, 3.63) is 18.0 Å². The lowest BCUT2D eigenvalue weighted by Gasteiger charge is -2.40. The van der Waals surface area contributed by atoms with E-state index in [-0.39, 0.29) is 11.6 Å². The van der Waals surface area contributed by atoms with Crippen molar-refractivity contribution in [1.29, 1.82) is 0 Å². The van der Waals surface area contributed by atoms with E-state index < -0.39 is 0 Å². The fourth-order valence-electron chi connectivity index (χ4n) is 3.07. The van der Waals surface area contributed by atoms with Crippen LogP contribution in [0.25, 0.3) is 0 Å². The summed E-state index contributed by atoms with van der Waals surface area (Å²) in [7, 11) is 1.80. The molecule has 2 rings (SSSR count). The number of aromatic nitrogens is 2. The third-order valence-corrected chi connectivity index (χ3v) is 4.18. The fraction of sp³-hybridized carbons (Fsp3) is 0.786. The first-order valence-corrected chi connectivity index (χ1v) is 7.06. The molecule has 0 saturated heterocycles. The van der Waals surface area contributed by atoms with Gasteiger partial charge in [0.2, 0.25) is 0 Å². The maximum absolute atomic E-state index is 6.50. The van der Waals surface area contributed by atoms with E-state index in [0.29, 0.717) is 0 Å². The number of nitrogens with two attached hydrogens (primary N) is 1. The van der Waals surface area contributed by atoms with Gasteiger partial charge in [0, 0.05) is 19.9 Å². The van der Waals surface area contributed by atoms with Gasteiger partial charge in [-0.1, -0.05) is 26.2 Å². The average molecular weight is 251 g/mol. The van der Waals surface area contributed by atoms with Gasteiger partial charge < -0.3 is 10.5 Å². The van der Waals surface area contributed by atoms with Crippen LogP contribution in [0.2, 0.25) is 0 Å². The van der Waals surface area contributed by atoms with Gasteiger partial charge in [-0.25, -0.2) is 0 Å². The standard InChI is InChI=1S/C14H25N3O/c1-3-11-17-12(7-10-16-17)13(15)14(18-2)8-5-4-6-9-14/h7,10,13H,3-6,8-9,11,15H2,1-2H3. The van der Waals surface area contributed by atoms with E-state index in [1.807, 2.05) is 16.9 Å². The van der Waals surface area contributed by atoms with Crippen LogP contribution in [0.3, 0.4) is 0 Å². The molecule has 1 heterocycles. The minimum atomic E-state index is -0.191. The third-order valence-electron chi connectivity index (χ3n) is 4.18. The Kier molecular flexibility index (Phi) is 4.40. The van der Waals surface area contributed by atoms with Crippen LogP contribution in [0.5, 0.6) is 0 Å². The molecule has 0 spiro atoms. The molecule has 1 aromatic rings. The van der Waals surface area contributed by atoms with Crippen LogP contribution in [0, 0.1) is 0 Å². The topological polar surface area (TPSA) is 53.1 Å². The maximum atomic E-state index is 6.50. The van der Waals surface area contributed by atoms with Gasteiger partial charge in [0.05, 0.1) is 17.3 Å². The minimum Gasteiger partial charge on any atom is -0.376 e. The molecule has 1 atom stereocenters. The van der Waals surface area contributed by atoms with E-state index >= 15 is 0 Å². The molecule has 1 aliphatic carbocycles. The third kappa shape index (κ3) is 2.45. The summed E-state index contributed by atoms with van der Waals surface area (Å²) in [5.41, 5.74) is 7.43. The van der Waals surface area contributed by atoms with E-state index in [2.05, 4.69) is 12.0 Å². The maximum Gasteiger partial charge on any atom is 0.0885 e. The SMILES string of the molecule is CCCn1nccc1C(N)C1(OC)CCCCC1. The van der Waals surface area contributed by atoms with E-state index in [4.69, 9.17) is 10.5 Å². The van der Waals surface area contributed by atoms with Crippen LogP contribution in [0.4, 0.5) is 0 Å². The highest BCUT2D eigenvalue weighted by Crippen LogP contribution is 2.39. The molecule has 4 heteroatoms. The van der Waals surface area contributed by atoms with E-state index in [1.54, 1.807) is 7.11 Å². The molecule has 0 aliphatic heterocycles. The molecular formula is C14H25N3O. The summed E-state index contributed by atoms with van der Waals surface area (Å²) in [4.78, 5) is 0. The smallest absolute Gasteiger partial charge is 0.0885 e. The van der Waals surface area contributed by atoms with E-state index in [0.717, 1.165) is 31.5 Å². The van der Waals surface area contributed by atoms with Gasteiger partial charge in [0.1, 0.15) is 0 Å². The second kappa shape index (κ2) is 5.85. The number of methoxy groups -OCH3 is 1. The molecule has 1 saturated carbocycles. The molecule has 102 valence electrons. The van der Waals surface area contributed by atoms with E-state index in [1.165, 1.54) is 19.3 Å². The molecule has 1 unspecified atom stereocenters.